The molecule has 0 aromatic carbocycles. The van der Waals surface area contributed by atoms with Gasteiger partial charge in [0.25, 0.3) is 5.56 Å². The number of carboxylic acids is 1. The van der Waals surface area contributed by atoms with Crippen LogP contribution in [0.2, 0.25) is 0 Å². The van der Waals surface area contributed by atoms with E-state index in [0.717, 1.165) is 11.8 Å². The molecule has 0 aliphatic carbocycles. The van der Waals surface area contributed by atoms with Crippen molar-refractivity contribution in [1.82, 2.24) is 9.55 Å². The molecule has 0 saturated heterocycles. The molecule has 0 radical (unpaired) electrons. The Bertz CT molecular complexity index is 442. The first-order chi connectivity index (χ1) is 7.43. The number of thioether (sulfide) groups is 1. The second-order valence-corrected chi connectivity index (χ2v) is 4.90. The van der Waals surface area contributed by atoms with Gasteiger partial charge in [-0.15, -0.1) is 0 Å². The molecule has 1 unspecified atom stereocenters. The average molecular weight is 242 g/mol. The maximum atomic E-state index is 11.6. The van der Waals surface area contributed by atoms with E-state index in [9.17, 15) is 9.59 Å². The van der Waals surface area contributed by atoms with E-state index in [1.807, 2.05) is 0 Å². The molecular formula is C10H14N2O3S. The molecular weight excluding hydrogens is 228 g/mol. The Morgan fingerprint density at radius 1 is 1.56 bits per heavy atom. The van der Waals surface area contributed by atoms with Crippen LogP contribution in [0.25, 0.3) is 0 Å². The minimum atomic E-state index is -0.923. The molecule has 1 aromatic heterocycles. The number of aromatic nitrogens is 2. The molecule has 0 amide bonds. The molecule has 1 heterocycles. The first-order valence-electron chi connectivity index (χ1n) is 4.84. The Labute approximate surface area is 97.5 Å². The van der Waals surface area contributed by atoms with Gasteiger partial charge in [-0.05, 0) is 5.92 Å². The van der Waals surface area contributed by atoms with Crippen molar-refractivity contribution >= 4 is 17.7 Å². The Morgan fingerprint density at radius 2 is 2.19 bits per heavy atom. The zero-order valence-electron chi connectivity index (χ0n) is 9.38. The highest BCUT2D eigenvalue weighted by Crippen LogP contribution is 2.24. The van der Waals surface area contributed by atoms with Gasteiger partial charge in [-0.3, -0.25) is 9.59 Å². The number of aliphatic carboxylic acids is 1. The van der Waals surface area contributed by atoms with Crippen LogP contribution in [-0.4, -0.2) is 25.9 Å². The molecule has 0 bridgehead atoms. The number of rotatable bonds is 4. The minimum Gasteiger partial charge on any atom is -0.480 e. The second-order valence-electron chi connectivity index (χ2n) is 3.77. The molecule has 1 rings (SSSR count). The van der Waals surface area contributed by atoms with Gasteiger partial charge < -0.3 is 9.67 Å². The van der Waals surface area contributed by atoms with Crippen molar-refractivity contribution in [1.29, 1.82) is 0 Å². The summed E-state index contributed by atoms with van der Waals surface area (Å²) in [5.74, 6) is -0.984. The monoisotopic (exact) mass is 242 g/mol. The zero-order chi connectivity index (χ0) is 12.3. The highest BCUT2D eigenvalue weighted by atomic mass is 32.2. The van der Waals surface area contributed by atoms with Crippen LogP contribution >= 0.6 is 11.8 Å². The van der Waals surface area contributed by atoms with Crippen LogP contribution < -0.4 is 5.56 Å². The van der Waals surface area contributed by atoms with Gasteiger partial charge in [0.1, 0.15) is 5.25 Å². The lowest BCUT2D eigenvalue weighted by Gasteiger charge is -2.14. The van der Waals surface area contributed by atoms with Crippen LogP contribution in [0, 0.1) is 5.92 Å². The Hall–Kier alpha value is -1.30. The van der Waals surface area contributed by atoms with Crippen molar-refractivity contribution < 1.29 is 9.90 Å². The molecule has 16 heavy (non-hydrogen) atoms. The largest absolute Gasteiger partial charge is 0.480 e. The van der Waals surface area contributed by atoms with E-state index in [4.69, 9.17) is 5.11 Å². The second kappa shape index (κ2) is 5.16. The summed E-state index contributed by atoms with van der Waals surface area (Å²) in [5.41, 5.74) is -0.264. The van der Waals surface area contributed by atoms with Crippen LogP contribution in [0.4, 0.5) is 0 Å². The van der Waals surface area contributed by atoms with Crippen LogP contribution in [-0.2, 0) is 11.8 Å². The van der Waals surface area contributed by atoms with Crippen LogP contribution in [0.5, 0.6) is 0 Å². The third kappa shape index (κ3) is 2.85. The lowest BCUT2D eigenvalue weighted by atomic mass is 10.1. The Kier molecular flexibility index (Phi) is 4.12. The maximum absolute atomic E-state index is 11.6. The average Bonchev–Trinajstić information content (AvgIpc) is 2.19. The minimum absolute atomic E-state index is 0.0609. The number of carboxylic acid groups (broad SMARTS) is 1. The highest BCUT2D eigenvalue weighted by Gasteiger charge is 2.24. The quantitative estimate of drug-likeness (QED) is 0.797. The summed E-state index contributed by atoms with van der Waals surface area (Å²) in [6.07, 6.45) is 3.03. The molecule has 0 spiro atoms. The van der Waals surface area contributed by atoms with E-state index in [2.05, 4.69) is 4.98 Å². The van der Waals surface area contributed by atoms with Crippen molar-refractivity contribution in [3.8, 4) is 0 Å². The normalized spacial score (nSPS) is 12.8. The van der Waals surface area contributed by atoms with E-state index in [1.54, 1.807) is 20.9 Å². The van der Waals surface area contributed by atoms with E-state index in [-0.39, 0.29) is 16.5 Å². The molecule has 88 valence electrons. The van der Waals surface area contributed by atoms with Gasteiger partial charge in [-0.1, -0.05) is 25.6 Å². The Morgan fingerprint density at radius 3 is 2.69 bits per heavy atom. The lowest BCUT2D eigenvalue weighted by molar-refractivity contribution is -0.137. The molecule has 1 atom stereocenters. The fourth-order valence-electron chi connectivity index (χ4n) is 1.15. The number of carbonyl (C=O) groups is 1. The fraction of sp³-hybridized carbons (Fsp3) is 0.500. The molecule has 0 aliphatic rings. The predicted molar refractivity (Wildman–Crippen MR) is 61.6 cm³/mol. The van der Waals surface area contributed by atoms with Crippen LogP contribution in [0.3, 0.4) is 0 Å². The lowest BCUT2D eigenvalue weighted by Crippen LogP contribution is -2.26. The summed E-state index contributed by atoms with van der Waals surface area (Å²) in [6, 6.07) is 0. The molecule has 0 fully saturated rings. The SMILES string of the molecule is CC(C)C(Sc1nccn(C)c1=O)C(=O)O. The third-order valence-corrected chi connectivity index (χ3v) is 3.58. The van der Waals surface area contributed by atoms with E-state index in [1.165, 1.54) is 17.0 Å². The summed E-state index contributed by atoms with van der Waals surface area (Å²) < 4.78 is 1.38. The summed E-state index contributed by atoms with van der Waals surface area (Å²) in [7, 11) is 1.61. The maximum Gasteiger partial charge on any atom is 0.317 e. The van der Waals surface area contributed by atoms with E-state index >= 15 is 0 Å². The topological polar surface area (TPSA) is 72.2 Å². The van der Waals surface area contributed by atoms with Crippen molar-refractivity contribution in [2.24, 2.45) is 13.0 Å². The predicted octanol–water partition coefficient (Wildman–Crippen LogP) is 0.982. The third-order valence-electron chi connectivity index (χ3n) is 2.07. The summed E-state index contributed by atoms with van der Waals surface area (Å²) in [5, 5.41) is 8.59. The van der Waals surface area contributed by atoms with Crippen molar-refractivity contribution in [2.45, 2.75) is 24.1 Å². The van der Waals surface area contributed by atoms with E-state index in [0.29, 0.717) is 0 Å². The van der Waals surface area contributed by atoms with Crippen LogP contribution in [0.1, 0.15) is 13.8 Å². The zero-order valence-corrected chi connectivity index (χ0v) is 10.2. The van der Waals surface area contributed by atoms with E-state index < -0.39 is 11.2 Å². The molecule has 6 heteroatoms. The van der Waals surface area contributed by atoms with Gasteiger partial charge in [0.15, 0.2) is 5.03 Å². The van der Waals surface area contributed by atoms with Crippen molar-refractivity contribution in [3.05, 3.63) is 22.7 Å². The summed E-state index contributed by atoms with van der Waals surface area (Å²) in [4.78, 5) is 26.5. The number of hydrogen-bond donors (Lipinski definition) is 1. The van der Waals surface area contributed by atoms with Gasteiger partial charge in [-0.2, -0.15) is 0 Å². The van der Waals surface area contributed by atoms with Gasteiger partial charge in [-0.25, -0.2) is 4.98 Å². The summed E-state index contributed by atoms with van der Waals surface area (Å²) in [6.45, 7) is 3.61. The fourth-order valence-corrected chi connectivity index (χ4v) is 2.13. The molecule has 0 saturated carbocycles. The summed E-state index contributed by atoms with van der Waals surface area (Å²) >= 11 is 1.00. The molecule has 0 aliphatic heterocycles. The smallest absolute Gasteiger partial charge is 0.317 e. The Balaban J connectivity index is 2.99. The number of hydrogen-bond acceptors (Lipinski definition) is 4. The van der Waals surface area contributed by atoms with Gasteiger partial charge in [0.05, 0.1) is 0 Å². The first-order valence-corrected chi connectivity index (χ1v) is 5.72. The van der Waals surface area contributed by atoms with Gasteiger partial charge in [0, 0.05) is 19.4 Å². The highest BCUT2D eigenvalue weighted by molar-refractivity contribution is 8.00. The van der Waals surface area contributed by atoms with Gasteiger partial charge >= 0.3 is 5.97 Å². The molecule has 5 nitrogen and oxygen atoms in total. The molecule has 1 aromatic rings. The number of aryl methyl sites for hydroxylation is 1. The standard InChI is InChI=1S/C10H14N2O3S/c1-6(2)7(10(14)15)16-8-9(13)12(3)5-4-11-8/h4-7H,1-3H3,(H,14,15). The van der Waals surface area contributed by atoms with Crippen LogP contribution in [0.15, 0.2) is 22.2 Å². The van der Waals surface area contributed by atoms with Gasteiger partial charge in [0.2, 0.25) is 0 Å². The first kappa shape index (κ1) is 12.8. The van der Waals surface area contributed by atoms with Crippen molar-refractivity contribution in [2.75, 3.05) is 0 Å². The number of nitrogens with zero attached hydrogens (tertiary/aromatic N) is 2. The van der Waals surface area contributed by atoms with Crippen molar-refractivity contribution in [3.63, 3.8) is 0 Å². The molecule has 1 N–H and O–H groups in total.